The van der Waals surface area contributed by atoms with Crippen molar-refractivity contribution in [2.75, 3.05) is 0 Å². The predicted molar refractivity (Wildman–Crippen MR) is 276 cm³/mol. The van der Waals surface area contributed by atoms with Gasteiger partial charge in [0.25, 0.3) is 0 Å². The number of aromatic hydroxyl groups is 3. The smallest absolute Gasteiger partial charge is 0.328 e. The molecule has 0 spiro atoms. The van der Waals surface area contributed by atoms with E-state index in [4.69, 9.17) is 5.73 Å². The number of benzene rings is 3. The van der Waals surface area contributed by atoms with Crippen LogP contribution in [0.4, 0.5) is 0 Å². The molecule has 3 heterocycles. The van der Waals surface area contributed by atoms with Crippen LogP contribution in [0, 0.1) is 0 Å². The average molecular weight is 1110 g/mol. The summed E-state index contributed by atoms with van der Waals surface area (Å²) in [7, 11) is 0. The van der Waals surface area contributed by atoms with Crippen molar-refractivity contribution in [1.82, 2.24) is 42.5 Å². The molecule has 3 aromatic carbocycles. The molecule has 5 amide bonds. The Morgan fingerprint density at radius 3 is 1.00 bits per heavy atom. The van der Waals surface area contributed by atoms with Crippen LogP contribution in [-0.4, -0.2) is 156 Å². The summed E-state index contributed by atoms with van der Waals surface area (Å²) in [6.07, 6.45) is 0. The van der Waals surface area contributed by atoms with Gasteiger partial charge in [0.05, 0.1) is 16.1 Å². The van der Waals surface area contributed by atoms with Crippen molar-refractivity contribution < 1.29 is 78.9 Å². The van der Waals surface area contributed by atoms with E-state index >= 15 is 0 Å². The molecule has 410 valence electrons. The van der Waals surface area contributed by atoms with Crippen molar-refractivity contribution in [2.45, 2.75) is 126 Å². The van der Waals surface area contributed by atoms with Gasteiger partial charge >= 0.3 is 23.9 Å². The Kier molecular flexibility index (Phi) is 17.8. The van der Waals surface area contributed by atoms with E-state index in [0.717, 1.165) is 35.3 Å². The maximum atomic E-state index is 15.0. The van der Waals surface area contributed by atoms with Crippen molar-refractivity contribution >= 4 is 88.7 Å². The molecule has 3 aliphatic rings. The molecule has 3 aliphatic heterocycles. The van der Waals surface area contributed by atoms with Gasteiger partial charge in [0.1, 0.15) is 65.6 Å². The topological polar surface area (TPSA) is 418 Å². The third-order valence-electron chi connectivity index (χ3n) is 12.8. The van der Waals surface area contributed by atoms with Gasteiger partial charge in [0, 0.05) is 14.2 Å². The number of carbonyl (C=O) groups is 9. The molecule has 0 aliphatic carbocycles. The molecule has 76 heavy (non-hydrogen) atoms. The van der Waals surface area contributed by atoms with E-state index in [1.165, 1.54) is 72.8 Å². The van der Waals surface area contributed by atoms with Crippen LogP contribution in [0.5, 0.6) is 17.2 Å². The molecule has 0 bridgehead atoms. The summed E-state index contributed by atoms with van der Waals surface area (Å²) >= 11 is 2.84. The van der Waals surface area contributed by atoms with E-state index in [0.29, 0.717) is 0 Å². The van der Waals surface area contributed by atoms with Gasteiger partial charge in [-0.25, -0.2) is 4.79 Å². The molecule has 3 aromatic rings. The van der Waals surface area contributed by atoms with Gasteiger partial charge in [-0.2, -0.15) is 0 Å². The number of nitrogens with two attached hydrogens (primary N) is 1. The van der Waals surface area contributed by atoms with Crippen LogP contribution >= 0.6 is 35.3 Å². The highest BCUT2D eigenvalue weighted by Crippen LogP contribution is 2.42. The van der Waals surface area contributed by atoms with Crippen LogP contribution in [-0.2, 0) is 43.2 Å². The Balaban J connectivity index is 1.37. The summed E-state index contributed by atoms with van der Waals surface area (Å²) < 4.78 is -3.32. The van der Waals surface area contributed by atoms with E-state index in [2.05, 4.69) is 42.5 Å². The van der Waals surface area contributed by atoms with Crippen molar-refractivity contribution in [3.63, 3.8) is 0 Å². The van der Waals surface area contributed by atoms with Crippen LogP contribution < -0.4 is 48.3 Å². The Morgan fingerprint density at radius 1 is 0.434 bits per heavy atom. The summed E-state index contributed by atoms with van der Waals surface area (Å²) in [5.74, 6) is -11.6. The number of carboxylic acid groups (broad SMARTS) is 4. The lowest BCUT2D eigenvalue weighted by Crippen LogP contribution is -2.61. The third kappa shape index (κ3) is 13.4. The fourth-order valence-electron chi connectivity index (χ4n) is 8.75. The van der Waals surface area contributed by atoms with Crippen molar-refractivity contribution in [1.29, 1.82) is 0 Å². The highest BCUT2D eigenvalue weighted by Gasteiger charge is 2.53. The Bertz CT molecular complexity index is 2730. The van der Waals surface area contributed by atoms with Crippen LogP contribution in [0.25, 0.3) is 0 Å². The predicted octanol–water partition coefficient (Wildman–Crippen LogP) is -0.260. The van der Waals surface area contributed by atoms with E-state index in [1.54, 1.807) is 41.5 Å². The Morgan fingerprint density at radius 2 is 0.711 bits per heavy atom. The minimum atomic E-state index is -1.87. The van der Waals surface area contributed by atoms with Gasteiger partial charge in [-0.15, -0.1) is 35.3 Å². The quantitative estimate of drug-likeness (QED) is 0.0693. The van der Waals surface area contributed by atoms with Crippen molar-refractivity contribution in [2.24, 2.45) is 5.73 Å². The lowest BCUT2D eigenvalue weighted by Gasteiger charge is -2.31. The molecule has 0 radical (unpaired) electrons. The highest BCUT2D eigenvalue weighted by atomic mass is 32.2. The first-order chi connectivity index (χ1) is 35.4. The van der Waals surface area contributed by atoms with Crippen LogP contribution in [0.15, 0.2) is 72.8 Å². The van der Waals surface area contributed by atoms with Gasteiger partial charge < -0.3 is 68.1 Å². The van der Waals surface area contributed by atoms with Crippen molar-refractivity contribution in [3.05, 3.63) is 89.5 Å². The largest absolute Gasteiger partial charge is 0.508 e. The molecule has 28 heteroatoms. The molecule has 17 N–H and O–H groups in total. The lowest BCUT2D eigenvalue weighted by molar-refractivity contribution is -0.143. The molecule has 5 unspecified atom stereocenters. The molecule has 3 saturated heterocycles. The maximum absolute atomic E-state index is 15.0. The van der Waals surface area contributed by atoms with Crippen molar-refractivity contribution in [3.8, 4) is 17.2 Å². The minimum absolute atomic E-state index is 0.0204. The number of phenols is 3. The lowest BCUT2D eigenvalue weighted by atomic mass is 10.0. The monoisotopic (exact) mass is 1110 g/mol. The standard InChI is InChI=1S/C48H59N9O16S3/c1-46(2)31(43(68)69)55-39(74-46)28(52-34(61)25(49)19-7-13-22(58)14-8-19)37(64)50-26(20-9-15-23(59)16-10-20)35(62)53-29(40-56-32(44(70)71)47(3,4)75-40)38(65)51-27(21-11-17-24(60)18-12-21)36(63)54-30(42(66)67)41-57-33(45(72)73)48(5,6)76-41/h7-18,25-33,39-41,55-60H,49H2,1-6H3,(H,50,64)(H,51,65)(H,52,61)(H,53,62)(H,54,63)(H,66,67)(H,68,69)(H,70,71)(H,72,73)/t25?,26?,27?,28?,29?,30-,31-,32-,33-,39+,40+,41+/m0/s1. The zero-order valence-corrected chi connectivity index (χ0v) is 43.9. The summed E-state index contributed by atoms with van der Waals surface area (Å²) in [6.45, 7) is 9.42. The van der Waals surface area contributed by atoms with E-state index in [-0.39, 0.29) is 33.9 Å². The van der Waals surface area contributed by atoms with Gasteiger partial charge in [-0.1, -0.05) is 36.4 Å². The van der Waals surface area contributed by atoms with Crippen LogP contribution in [0.2, 0.25) is 0 Å². The summed E-state index contributed by atoms with van der Waals surface area (Å²) in [6, 6.07) is 0.671. The zero-order chi connectivity index (χ0) is 56.4. The first kappa shape index (κ1) is 58.4. The number of hydrogen-bond donors (Lipinski definition) is 16. The molecule has 25 nitrogen and oxygen atoms in total. The first-order valence-electron chi connectivity index (χ1n) is 23.3. The molecular weight excluding hydrogens is 1050 g/mol. The molecule has 12 atom stereocenters. The second-order valence-electron chi connectivity index (χ2n) is 19.7. The fourth-order valence-corrected chi connectivity index (χ4v) is 13.2. The maximum Gasteiger partial charge on any atom is 0.328 e. The molecule has 0 aromatic heterocycles. The van der Waals surface area contributed by atoms with Crippen LogP contribution in [0.1, 0.15) is 76.4 Å². The number of phenolic OH excluding ortho intramolecular Hbond substituents is 3. The van der Waals surface area contributed by atoms with Gasteiger partial charge in [0.15, 0.2) is 6.04 Å². The van der Waals surface area contributed by atoms with Gasteiger partial charge in [-0.05, 0) is 94.6 Å². The minimum Gasteiger partial charge on any atom is -0.508 e. The normalized spacial score (nSPS) is 24.5. The number of nitrogens with one attached hydrogen (secondary N) is 8. The average Bonchev–Trinajstić information content (AvgIpc) is 3.97. The molecule has 6 rings (SSSR count). The number of hydrogen-bond acceptors (Lipinski definition) is 19. The summed E-state index contributed by atoms with van der Waals surface area (Å²) in [4.78, 5) is 123. The number of carboxylic acids is 4. The highest BCUT2D eigenvalue weighted by molar-refractivity contribution is 8.02. The molecule has 0 saturated carbocycles. The first-order valence-corrected chi connectivity index (χ1v) is 25.9. The van der Waals surface area contributed by atoms with Gasteiger partial charge in [-0.3, -0.25) is 54.3 Å². The van der Waals surface area contributed by atoms with E-state index in [1.807, 2.05) is 0 Å². The molecular formula is C48H59N9O16S3. The SMILES string of the molecule is CC1(C)S[C@H](C(NC(=O)C(N)c2ccc(O)cc2)C(=O)NC(C(=O)NC(C(=O)NC(C(=O)N[C@H](C(=O)O)[C@@H]2N[C@@H](C(=O)O)C(C)(C)S2)c2ccc(O)cc2)[C@@H]2N[C@@H](C(=O)O)C(C)(C)S2)c2ccc(O)cc2)N[C@H]1C(=O)O. The molecule has 3 fully saturated rings. The third-order valence-corrected chi connectivity index (χ3v) is 17.3. The number of thioether (sulfide) groups is 3. The van der Waals surface area contributed by atoms with Gasteiger partial charge in [0.2, 0.25) is 29.5 Å². The summed E-state index contributed by atoms with van der Waals surface area (Å²) in [5.41, 5.74) is 6.47. The van der Waals surface area contributed by atoms with Crippen LogP contribution in [0.3, 0.4) is 0 Å². The zero-order valence-electron chi connectivity index (χ0n) is 41.5. The number of amides is 5. The number of rotatable bonds is 20. The Hall–Kier alpha value is -6.82. The number of aliphatic carboxylic acids is 4. The fraction of sp³-hybridized carbons (Fsp3) is 0.438. The van der Waals surface area contributed by atoms with E-state index < -0.39 is 138 Å². The second-order valence-corrected chi connectivity index (χ2v) is 25.1. The number of carbonyl (C=O) groups excluding carboxylic acids is 5. The Labute approximate surface area is 447 Å². The second kappa shape index (κ2) is 23.2. The van der Waals surface area contributed by atoms with E-state index in [9.17, 15) is 78.9 Å². The summed E-state index contributed by atoms with van der Waals surface area (Å²) in [5, 5.41) is 88.0.